The smallest absolute Gasteiger partial charge is 0.375 e. The van der Waals surface area contributed by atoms with Gasteiger partial charge in [0, 0.05) is 105 Å². The van der Waals surface area contributed by atoms with E-state index in [0.717, 1.165) is 6.42 Å². The Labute approximate surface area is 185 Å². The molecule has 0 saturated carbocycles. The maximum absolute atomic E-state index is 2.20. The third kappa shape index (κ3) is 11.1. The zero-order valence-electron chi connectivity index (χ0n) is 8.62. The van der Waals surface area contributed by atoms with Crippen molar-refractivity contribution in [3.63, 3.8) is 0 Å². The third-order valence-corrected chi connectivity index (χ3v) is 1.69. The van der Waals surface area contributed by atoms with Crippen molar-refractivity contribution >= 4 is 0 Å². The first-order valence-electron chi connectivity index (χ1n) is 3.21. The maximum Gasteiger partial charge on any atom is 2.00 e. The van der Waals surface area contributed by atoms with Crippen LogP contribution in [-0.4, -0.2) is 0 Å². The number of fused-ring (bicyclic) bond motifs is 1. The van der Waals surface area contributed by atoms with Crippen LogP contribution in [0.4, 0.5) is 0 Å². The maximum atomic E-state index is 2.20. The van der Waals surface area contributed by atoms with Gasteiger partial charge in [0.1, 0.15) is 0 Å². The molecule has 0 N–H and O–H groups in total. The molecule has 6 heteroatoms. The van der Waals surface area contributed by atoms with E-state index in [2.05, 4.69) is 37.1 Å². The van der Waals surface area contributed by atoms with E-state index in [1.165, 1.54) is 11.1 Å². The van der Waals surface area contributed by atoms with Crippen molar-refractivity contribution in [1.29, 1.82) is 0 Å². The number of hydrogen-bond donors (Lipinski definition) is 0. The van der Waals surface area contributed by atoms with Crippen LogP contribution in [0.15, 0.2) is 24.3 Å². The van der Waals surface area contributed by atoms with Gasteiger partial charge in [0.2, 0.25) is 0 Å². The molecule has 88 valence electrons. The predicted octanol–water partition coefficient (Wildman–Crippen LogP) is 2.43. The van der Waals surface area contributed by atoms with Gasteiger partial charge in [-0.05, 0) is 0 Å². The Balaban J connectivity index is -0.0000000357. The van der Waals surface area contributed by atoms with Crippen LogP contribution < -0.4 is 0 Å². The molecule has 0 nitrogen and oxygen atoms in total. The van der Waals surface area contributed by atoms with Crippen LogP contribution >= 0.6 is 0 Å². The second-order valence-corrected chi connectivity index (χ2v) is 2.31. The number of benzene rings is 1. The van der Waals surface area contributed by atoms with Crippen LogP contribution in [0, 0.1) is 20.3 Å². The van der Waals surface area contributed by atoms with Crippen LogP contribution in [0.2, 0.25) is 0 Å². The van der Waals surface area contributed by atoms with Gasteiger partial charge in [0.05, 0.1) is 0 Å². The summed E-state index contributed by atoms with van der Waals surface area (Å²) in [5, 5.41) is 0. The monoisotopic (exact) mass is 1230 g/mol. The Morgan fingerprint density at radius 3 is 1.88 bits per heavy atom. The van der Waals surface area contributed by atoms with E-state index in [1.807, 2.05) is 0 Å². The Morgan fingerprint density at radius 1 is 0.875 bits per heavy atom. The average Bonchev–Trinajstić information content (AvgIpc) is 2.33. The molecule has 16 heavy (non-hydrogen) atoms. The van der Waals surface area contributed by atoms with E-state index in [0.29, 0.717) is 0 Å². The molecule has 0 aromatic heterocycles. The van der Waals surface area contributed by atoms with Crippen molar-refractivity contribution in [2.45, 2.75) is 6.42 Å². The molecule has 0 amide bonds. The van der Waals surface area contributed by atoms with E-state index >= 15 is 0 Å². The van der Waals surface area contributed by atoms with Crippen LogP contribution in [0.25, 0.3) is 0 Å². The summed E-state index contributed by atoms with van der Waals surface area (Å²) in [6.07, 6.45) is 5.50. The molecule has 1 aliphatic rings. The summed E-state index contributed by atoms with van der Waals surface area (Å²) in [5.74, 6) is 0. The van der Waals surface area contributed by atoms with Crippen molar-refractivity contribution in [2.75, 3.05) is 0 Å². The molecule has 0 saturated heterocycles. The third-order valence-electron chi connectivity index (χ3n) is 1.69. The number of hydrogen-bond acceptors (Lipinski definition) is 0. The topological polar surface area (TPSA) is 0 Å². The largest absolute Gasteiger partial charge is 2.00 e. The fourth-order valence-corrected chi connectivity index (χ4v) is 1.20. The van der Waals surface area contributed by atoms with Gasteiger partial charge in [-0.1, -0.05) is 6.07 Å². The number of rotatable bonds is 0. The zero-order valence-corrected chi connectivity index (χ0v) is 26.2. The van der Waals surface area contributed by atoms with Crippen molar-refractivity contribution in [2.24, 2.45) is 0 Å². The summed E-state index contributed by atoms with van der Waals surface area (Å²) in [5.41, 5.74) is 2.84. The van der Waals surface area contributed by atoms with Gasteiger partial charge < -0.3 is 20.3 Å². The molecular weight excluding hydrogens is 1220 g/mol. The van der Waals surface area contributed by atoms with Gasteiger partial charge >= 0.3 is 21.1 Å². The van der Waals surface area contributed by atoms with Crippen molar-refractivity contribution in [1.82, 2.24) is 0 Å². The van der Waals surface area contributed by atoms with Crippen LogP contribution in [-0.2, 0) is 133 Å². The average molecular weight is 1230 g/mol. The van der Waals surface area contributed by atoms with E-state index in [4.69, 9.17) is 0 Å². The predicted molar refractivity (Wildman–Crippen MR) is 44.3 cm³/mol. The first kappa shape index (κ1) is 36.5. The van der Waals surface area contributed by atoms with E-state index < -0.39 is 0 Å². The van der Waals surface area contributed by atoms with Crippen molar-refractivity contribution in [3.8, 4) is 0 Å². The quantitative estimate of drug-likeness (QED) is 0.351. The van der Waals surface area contributed by atoms with Crippen molar-refractivity contribution < 1.29 is 126 Å². The molecule has 0 radical (unpaired) electrons. The van der Waals surface area contributed by atoms with Gasteiger partial charge in [-0.15, -0.1) is 12.1 Å². The minimum absolute atomic E-state index is 0. The first-order chi connectivity index (χ1) is 4.47. The Hall–Kier alpha value is 3.22. The van der Waals surface area contributed by atoms with E-state index in [9.17, 15) is 0 Å². The molecule has 1 aromatic carbocycles. The van der Waals surface area contributed by atoms with Gasteiger partial charge in [-0.2, -0.15) is 11.6 Å². The molecule has 0 atom stereocenters. The van der Waals surface area contributed by atoms with Crippen LogP contribution in [0.5, 0.6) is 0 Å². The summed E-state index contributed by atoms with van der Waals surface area (Å²) < 4.78 is 0. The first-order valence-corrected chi connectivity index (χ1v) is 3.21. The summed E-state index contributed by atoms with van der Waals surface area (Å²) >= 11 is 0. The van der Waals surface area contributed by atoms with Gasteiger partial charge in [-0.25, -0.2) is 12.0 Å². The van der Waals surface area contributed by atoms with Crippen LogP contribution in [0.3, 0.4) is 0 Å². The fourth-order valence-electron chi connectivity index (χ4n) is 1.20. The molecule has 1 aliphatic carbocycles. The van der Waals surface area contributed by atoms with E-state index in [-0.39, 0.29) is 134 Å². The summed E-state index contributed by atoms with van der Waals surface area (Å²) in [6.45, 7) is 0. The minimum atomic E-state index is 0. The molecule has 1 aromatic rings. The Kier molecular flexibility index (Phi) is 46.9. The second kappa shape index (κ2) is 20.5. The van der Waals surface area contributed by atoms with Crippen LogP contribution in [0.1, 0.15) is 11.1 Å². The summed E-state index contributed by atoms with van der Waals surface area (Å²) in [7, 11) is 0. The molecule has 0 spiro atoms. The molecule has 0 aliphatic heterocycles. The molecule has 0 unspecified atom stereocenters. The normalized spacial score (nSPS) is 8.25. The molecule has 0 heterocycles. The second-order valence-electron chi connectivity index (χ2n) is 2.31. The standard InChI is InChI=1S/C9H8.CH3.6W/c1-2-5-9-7-3-6-8(9)4-1;;;;;;;/h1-6H,7H2;1H3;;;;;;/q-2;-1;;;;;;+2. The summed E-state index contributed by atoms with van der Waals surface area (Å²) in [6, 6.07) is 8.49. The van der Waals surface area contributed by atoms with Crippen molar-refractivity contribution in [3.05, 3.63) is 55.7 Å². The van der Waals surface area contributed by atoms with E-state index in [1.54, 1.807) is 0 Å². The SMILES string of the molecule is [CH3-].[W+2].[W].[W].[W].[W].[W].c1ccc2c(c1)[CH-][CH-]C2. The van der Waals surface area contributed by atoms with Gasteiger partial charge in [-0.3, -0.25) is 0 Å². The van der Waals surface area contributed by atoms with Gasteiger partial charge in [0.15, 0.2) is 0 Å². The Morgan fingerprint density at radius 2 is 1.38 bits per heavy atom. The summed E-state index contributed by atoms with van der Waals surface area (Å²) in [4.78, 5) is 0. The molecular formula is C10H11W6-. The zero-order chi connectivity index (χ0) is 6.10. The van der Waals surface area contributed by atoms with Gasteiger partial charge in [0.25, 0.3) is 0 Å². The fraction of sp³-hybridized carbons (Fsp3) is 0.100. The minimum Gasteiger partial charge on any atom is -0.375 e. The Bertz CT molecular complexity index is 205. The molecule has 2 rings (SSSR count). The molecule has 0 bridgehead atoms. The molecule has 0 fully saturated rings.